The first-order valence-corrected chi connectivity index (χ1v) is 10.0. The van der Waals surface area contributed by atoms with Gasteiger partial charge in [-0.25, -0.2) is 15.0 Å². The van der Waals surface area contributed by atoms with Gasteiger partial charge in [0, 0.05) is 53.1 Å². The molecule has 4 heterocycles. The number of aromatic nitrogens is 4. The normalized spacial score (nSPS) is 12.0. The average Bonchev–Trinajstić information content (AvgIpc) is 3.43. The van der Waals surface area contributed by atoms with Gasteiger partial charge in [0.1, 0.15) is 23.5 Å². The highest BCUT2D eigenvalue weighted by Gasteiger charge is 2.10. The van der Waals surface area contributed by atoms with E-state index >= 15 is 0 Å². The molecule has 0 saturated carbocycles. The number of thiophene rings is 1. The van der Waals surface area contributed by atoms with Gasteiger partial charge in [-0.15, -0.1) is 11.3 Å². The highest BCUT2D eigenvalue weighted by molar-refractivity contribution is 7.13. The molecule has 0 aliphatic carbocycles. The van der Waals surface area contributed by atoms with Crippen molar-refractivity contribution in [3.8, 4) is 17.1 Å². The van der Waals surface area contributed by atoms with Crippen molar-refractivity contribution in [2.75, 3.05) is 19.5 Å². The highest BCUT2D eigenvalue weighted by Crippen LogP contribution is 2.25. The standard InChI is InChI=1S/C21H21N7OS/c1-23-10-14(9-22)19-4-3-16(30-19)11-24-20-8-17(26-13-27-20)18-12-25-21-7-15(29-2)5-6-28(18)21/h3-10,12-13H,11,22H2,1-2H3,(H,24,26,27). The summed E-state index contributed by atoms with van der Waals surface area (Å²) in [6.07, 6.45) is 8.58. The van der Waals surface area contributed by atoms with E-state index in [1.807, 2.05) is 34.9 Å². The molecule has 0 saturated heterocycles. The molecule has 0 atom stereocenters. The number of nitrogens with zero attached hydrogens (tertiary/aromatic N) is 5. The van der Waals surface area contributed by atoms with Crippen LogP contribution in [-0.4, -0.2) is 39.7 Å². The molecule has 0 radical (unpaired) electrons. The lowest BCUT2D eigenvalue weighted by atomic mass is 10.2. The van der Waals surface area contributed by atoms with Crippen LogP contribution in [0.3, 0.4) is 0 Å². The molecule has 4 aromatic heterocycles. The number of fused-ring (bicyclic) bond motifs is 1. The van der Waals surface area contributed by atoms with Gasteiger partial charge < -0.3 is 15.8 Å². The maximum absolute atomic E-state index is 5.69. The predicted octanol–water partition coefficient (Wildman–Crippen LogP) is 3.47. The summed E-state index contributed by atoms with van der Waals surface area (Å²) in [6, 6.07) is 9.79. The van der Waals surface area contributed by atoms with Gasteiger partial charge in [0.25, 0.3) is 0 Å². The van der Waals surface area contributed by atoms with Crippen molar-refractivity contribution in [3.63, 3.8) is 0 Å². The number of anilines is 1. The molecule has 0 aliphatic rings. The van der Waals surface area contributed by atoms with E-state index < -0.39 is 0 Å². The number of methoxy groups -OCH3 is 1. The molecule has 152 valence electrons. The predicted molar refractivity (Wildman–Crippen MR) is 121 cm³/mol. The smallest absolute Gasteiger partial charge is 0.140 e. The van der Waals surface area contributed by atoms with E-state index in [-0.39, 0.29) is 0 Å². The third-order valence-electron chi connectivity index (χ3n) is 4.49. The minimum absolute atomic E-state index is 0.645. The lowest BCUT2D eigenvalue weighted by Crippen LogP contribution is -2.01. The Balaban J connectivity index is 1.52. The minimum atomic E-state index is 0.645. The van der Waals surface area contributed by atoms with Crippen molar-refractivity contribution in [1.82, 2.24) is 19.4 Å². The maximum Gasteiger partial charge on any atom is 0.140 e. The molecule has 30 heavy (non-hydrogen) atoms. The SMILES string of the molecule is CN=CC(=CN)c1ccc(CNc2cc(-c3cnc4cc(OC)ccn34)ncn2)s1. The molecule has 4 rings (SSSR count). The minimum Gasteiger partial charge on any atom is -0.497 e. The Bertz CT molecular complexity index is 1230. The Labute approximate surface area is 177 Å². The Morgan fingerprint density at radius 2 is 2.17 bits per heavy atom. The van der Waals surface area contributed by atoms with Crippen molar-refractivity contribution in [2.24, 2.45) is 10.7 Å². The van der Waals surface area contributed by atoms with Gasteiger partial charge in [0.2, 0.25) is 0 Å². The lowest BCUT2D eigenvalue weighted by molar-refractivity contribution is 0.414. The summed E-state index contributed by atoms with van der Waals surface area (Å²) in [5.74, 6) is 1.50. The molecule has 0 spiro atoms. The highest BCUT2D eigenvalue weighted by atomic mass is 32.1. The third-order valence-corrected chi connectivity index (χ3v) is 5.62. The van der Waals surface area contributed by atoms with E-state index in [1.165, 1.54) is 0 Å². The molecule has 9 heteroatoms. The van der Waals surface area contributed by atoms with Crippen molar-refractivity contribution in [2.45, 2.75) is 6.54 Å². The van der Waals surface area contributed by atoms with Crippen LogP contribution >= 0.6 is 11.3 Å². The van der Waals surface area contributed by atoms with Crippen molar-refractivity contribution < 1.29 is 4.74 Å². The van der Waals surface area contributed by atoms with E-state index in [0.717, 1.165) is 43.9 Å². The number of imidazole rings is 1. The number of nitrogens with two attached hydrogens (primary N) is 1. The summed E-state index contributed by atoms with van der Waals surface area (Å²) in [6.45, 7) is 0.645. The molecule has 0 unspecified atom stereocenters. The van der Waals surface area contributed by atoms with Crippen LogP contribution in [0, 0.1) is 0 Å². The second kappa shape index (κ2) is 8.75. The van der Waals surface area contributed by atoms with E-state index in [0.29, 0.717) is 6.54 Å². The zero-order valence-corrected chi connectivity index (χ0v) is 17.4. The first kappa shape index (κ1) is 19.6. The molecule has 0 fully saturated rings. The quantitative estimate of drug-likeness (QED) is 0.445. The van der Waals surface area contributed by atoms with Crippen LogP contribution < -0.4 is 15.8 Å². The van der Waals surface area contributed by atoms with Crippen LogP contribution in [0.2, 0.25) is 0 Å². The van der Waals surface area contributed by atoms with Gasteiger partial charge in [-0.05, 0) is 18.2 Å². The number of hydrogen-bond donors (Lipinski definition) is 2. The summed E-state index contributed by atoms with van der Waals surface area (Å²) < 4.78 is 7.23. The average molecular weight is 420 g/mol. The zero-order chi connectivity index (χ0) is 20.9. The fourth-order valence-corrected chi connectivity index (χ4v) is 3.94. The van der Waals surface area contributed by atoms with Crippen LogP contribution in [-0.2, 0) is 6.54 Å². The topological polar surface area (TPSA) is 103 Å². The molecular formula is C21H21N7OS. The largest absolute Gasteiger partial charge is 0.497 e. The van der Waals surface area contributed by atoms with Gasteiger partial charge in [0.15, 0.2) is 0 Å². The number of hydrogen-bond acceptors (Lipinski definition) is 8. The monoisotopic (exact) mass is 419 g/mol. The molecule has 8 nitrogen and oxygen atoms in total. The van der Waals surface area contributed by atoms with Crippen LogP contribution in [0.1, 0.15) is 9.75 Å². The summed E-state index contributed by atoms with van der Waals surface area (Å²) in [5, 5.41) is 3.36. The van der Waals surface area contributed by atoms with Crippen molar-refractivity contribution >= 4 is 34.6 Å². The molecule has 0 aliphatic heterocycles. The van der Waals surface area contributed by atoms with Gasteiger partial charge >= 0.3 is 0 Å². The molecule has 3 N–H and O–H groups in total. The first-order chi connectivity index (χ1) is 14.7. The zero-order valence-electron chi connectivity index (χ0n) is 16.6. The number of aliphatic imine (C=N–C) groups is 1. The van der Waals surface area contributed by atoms with Crippen molar-refractivity contribution in [3.05, 3.63) is 65.0 Å². The van der Waals surface area contributed by atoms with Crippen LogP contribution in [0.25, 0.3) is 22.6 Å². The van der Waals surface area contributed by atoms with E-state index in [4.69, 9.17) is 10.5 Å². The Hall–Kier alpha value is -3.72. The molecule has 0 aromatic carbocycles. The van der Waals surface area contributed by atoms with Gasteiger partial charge in [-0.3, -0.25) is 9.39 Å². The fraction of sp³-hybridized carbons (Fsp3) is 0.143. The van der Waals surface area contributed by atoms with Gasteiger partial charge in [-0.2, -0.15) is 0 Å². The van der Waals surface area contributed by atoms with Gasteiger partial charge in [-0.1, -0.05) is 0 Å². The third kappa shape index (κ3) is 4.01. The summed E-state index contributed by atoms with van der Waals surface area (Å²) in [7, 11) is 3.37. The number of ether oxygens (including phenoxy) is 1. The second-order valence-electron chi connectivity index (χ2n) is 6.36. The summed E-state index contributed by atoms with van der Waals surface area (Å²) in [4.78, 5) is 19.5. The van der Waals surface area contributed by atoms with Crippen LogP contribution in [0.5, 0.6) is 5.75 Å². The second-order valence-corrected chi connectivity index (χ2v) is 7.52. The van der Waals surface area contributed by atoms with Crippen LogP contribution in [0.15, 0.2) is 60.2 Å². The van der Waals surface area contributed by atoms with Crippen LogP contribution in [0.4, 0.5) is 5.82 Å². The first-order valence-electron chi connectivity index (χ1n) is 9.22. The van der Waals surface area contributed by atoms with E-state index in [1.54, 1.807) is 50.4 Å². The maximum atomic E-state index is 5.69. The Kier molecular flexibility index (Phi) is 5.71. The summed E-state index contributed by atoms with van der Waals surface area (Å²) >= 11 is 1.66. The lowest BCUT2D eigenvalue weighted by Gasteiger charge is -2.06. The van der Waals surface area contributed by atoms with E-state index in [2.05, 4.69) is 31.3 Å². The number of allylic oxidation sites excluding steroid dienone is 1. The van der Waals surface area contributed by atoms with Crippen molar-refractivity contribution in [1.29, 1.82) is 0 Å². The number of pyridine rings is 1. The molecular weight excluding hydrogens is 398 g/mol. The molecule has 0 bridgehead atoms. The molecule has 0 amide bonds. The Morgan fingerprint density at radius 1 is 1.27 bits per heavy atom. The van der Waals surface area contributed by atoms with E-state index in [9.17, 15) is 0 Å². The Morgan fingerprint density at radius 3 is 2.97 bits per heavy atom. The number of nitrogens with one attached hydrogen (secondary N) is 1. The summed E-state index contributed by atoms with van der Waals surface area (Å²) in [5.41, 5.74) is 9.05. The molecule has 4 aromatic rings. The van der Waals surface area contributed by atoms with Gasteiger partial charge in [0.05, 0.1) is 31.2 Å². The number of rotatable bonds is 7. The fourth-order valence-electron chi connectivity index (χ4n) is 3.01.